The van der Waals surface area contributed by atoms with Crippen LogP contribution in [-0.4, -0.2) is 22.7 Å². The van der Waals surface area contributed by atoms with Gasteiger partial charge in [-0.2, -0.15) is 4.68 Å². The molecule has 0 aliphatic rings. The molecule has 150 valence electrons. The number of nitrogens with one attached hydrogen (secondary N) is 1. The Hall–Kier alpha value is -3.71. The monoisotopic (exact) mass is 423 g/mol. The average Bonchev–Trinajstić information content (AvgIpc) is 2.76. The number of amides is 1. The quantitative estimate of drug-likeness (QED) is 0.532. The second-order valence-corrected chi connectivity index (χ2v) is 6.82. The molecule has 4 aromatic rings. The van der Waals surface area contributed by atoms with Crippen molar-refractivity contribution >= 4 is 28.4 Å². The van der Waals surface area contributed by atoms with E-state index in [1.807, 2.05) is 0 Å². The average molecular weight is 424 g/mol. The lowest BCUT2D eigenvalue weighted by Crippen LogP contribution is -2.35. The van der Waals surface area contributed by atoms with Gasteiger partial charge in [0.1, 0.15) is 11.6 Å². The fourth-order valence-electron chi connectivity index (χ4n) is 3.05. The van der Waals surface area contributed by atoms with E-state index in [4.69, 9.17) is 16.3 Å². The summed E-state index contributed by atoms with van der Waals surface area (Å²) in [5.74, 6) is -0.590. The van der Waals surface area contributed by atoms with Crippen LogP contribution in [0.4, 0.5) is 4.39 Å². The summed E-state index contributed by atoms with van der Waals surface area (Å²) >= 11 is 6.02. The summed E-state index contributed by atoms with van der Waals surface area (Å²) in [5.41, 5.74) is 3.15. The van der Waals surface area contributed by atoms with Crippen molar-refractivity contribution in [2.24, 2.45) is 0 Å². The minimum absolute atomic E-state index is 0.148. The van der Waals surface area contributed by atoms with Crippen LogP contribution in [0.15, 0.2) is 71.5 Å². The van der Waals surface area contributed by atoms with Gasteiger partial charge in [0.25, 0.3) is 11.5 Å². The standard InChI is InChI=1S/C22H15ClFN3O3/c1-30-19-11-8-14(23)12-17(19)21(28)26-27-20(13-6-9-15(24)10-7-13)25-18-5-3-2-4-16(18)22(27)29/h2-12H,1H3,(H,26,28). The largest absolute Gasteiger partial charge is 0.496 e. The van der Waals surface area contributed by atoms with E-state index < -0.39 is 17.3 Å². The molecule has 0 aliphatic heterocycles. The molecule has 1 amide bonds. The first-order valence-electron chi connectivity index (χ1n) is 8.90. The van der Waals surface area contributed by atoms with Crippen LogP contribution >= 0.6 is 11.6 Å². The van der Waals surface area contributed by atoms with Crippen LogP contribution in [-0.2, 0) is 0 Å². The van der Waals surface area contributed by atoms with Gasteiger partial charge in [0.05, 0.1) is 23.6 Å². The molecule has 0 unspecified atom stereocenters. The summed E-state index contributed by atoms with van der Waals surface area (Å²) in [6, 6.07) is 16.8. The van der Waals surface area contributed by atoms with Gasteiger partial charge in [-0.25, -0.2) is 9.37 Å². The number of carbonyl (C=O) groups is 1. The van der Waals surface area contributed by atoms with Crippen LogP contribution in [0.25, 0.3) is 22.3 Å². The Morgan fingerprint density at radius 1 is 1.10 bits per heavy atom. The Kier molecular flexibility index (Phi) is 5.20. The van der Waals surface area contributed by atoms with Crippen LogP contribution in [0, 0.1) is 5.82 Å². The van der Waals surface area contributed by atoms with Gasteiger partial charge in [0.2, 0.25) is 0 Å². The number of aromatic nitrogens is 2. The van der Waals surface area contributed by atoms with Crippen molar-refractivity contribution in [2.75, 3.05) is 12.5 Å². The van der Waals surface area contributed by atoms with Crippen LogP contribution < -0.4 is 15.7 Å². The number of halogens is 2. The van der Waals surface area contributed by atoms with Crippen molar-refractivity contribution in [1.82, 2.24) is 9.66 Å². The highest BCUT2D eigenvalue weighted by atomic mass is 35.5. The molecule has 1 heterocycles. The first-order valence-corrected chi connectivity index (χ1v) is 9.28. The third kappa shape index (κ3) is 3.62. The molecule has 0 aliphatic carbocycles. The summed E-state index contributed by atoms with van der Waals surface area (Å²) in [7, 11) is 1.42. The maximum absolute atomic E-state index is 13.4. The Morgan fingerprint density at radius 3 is 2.57 bits per heavy atom. The number of ether oxygens (including phenoxy) is 1. The van der Waals surface area contributed by atoms with Gasteiger partial charge in [-0.15, -0.1) is 0 Å². The lowest BCUT2D eigenvalue weighted by atomic mass is 10.1. The molecule has 0 saturated heterocycles. The Morgan fingerprint density at radius 2 is 1.83 bits per heavy atom. The third-order valence-corrected chi connectivity index (χ3v) is 4.73. The number of para-hydroxylation sites is 1. The normalized spacial score (nSPS) is 10.8. The van der Waals surface area contributed by atoms with E-state index in [2.05, 4.69) is 10.4 Å². The molecule has 0 atom stereocenters. The maximum Gasteiger partial charge on any atom is 0.280 e. The Bertz CT molecular complexity index is 1320. The van der Waals surface area contributed by atoms with E-state index >= 15 is 0 Å². The summed E-state index contributed by atoms with van der Waals surface area (Å²) in [5, 5.41) is 0.658. The lowest BCUT2D eigenvalue weighted by Gasteiger charge is -2.16. The van der Waals surface area contributed by atoms with Gasteiger partial charge in [0.15, 0.2) is 5.82 Å². The number of methoxy groups -OCH3 is 1. The van der Waals surface area contributed by atoms with Crippen molar-refractivity contribution < 1.29 is 13.9 Å². The molecule has 3 aromatic carbocycles. The van der Waals surface area contributed by atoms with Crippen LogP contribution in [0.1, 0.15) is 10.4 Å². The van der Waals surface area contributed by atoms with Gasteiger partial charge in [0, 0.05) is 10.6 Å². The van der Waals surface area contributed by atoms with Crippen LogP contribution in [0.5, 0.6) is 5.75 Å². The van der Waals surface area contributed by atoms with Crippen molar-refractivity contribution in [1.29, 1.82) is 0 Å². The van der Waals surface area contributed by atoms with Gasteiger partial charge in [-0.3, -0.25) is 15.0 Å². The van der Waals surface area contributed by atoms with Crippen LogP contribution in [0.2, 0.25) is 5.02 Å². The molecular weight excluding hydrogens is 409 g/mol. The second kappa shape index (κ2) is 7.96. The molecule has 8 heteroatoms. The fraction of sp³-hybridized carbons (Fsp3) is 0.0455. The predicted molar refractivity (Wildman–Crippen MR) is 113 cm³/mol. The molecule has 4 rings (SSSR count). The first-order chi connectivity index (χ1) is 14.5. The smallest absolute Gasteiger partial charge is 0.280 e. The number of carbonyl (C=O) groups excluding carboxylic acids is 1. The molecule has 0 bridgehead atoms. The van der Waals surface area contributed by atoms with Crippen molar-refractivity contribution in [3.8, 4) is 17.1 Å². The summed E-state index contributed by atoms with van der Waals surface area (Å²) < 4.78 is 19.7. The summed E-state index contributed by atoms with van der Waals surface area (Å²) in [6.07, 6.45) is 0. The lowest BCUT2D eigenvalue weighted by molar-refractivity contribution is 0.100. The zero-order valence-electron chi connectivity index (χ0n) is 15.7. The highest BCUT2D eigenvalue weighted by molar-refractivity contribution is 6.31. The van der Waals surface area contributed by atoms with E-state index in [9.17, 15) is 14.0 Å². The van der Waals surface area contributed by atoms with Gasteiger partial charge in [-0.1, -0.05) is 23.7 Å². The van der Waals surface area contributed by atoms with E-state index in [1.165, 1.54) is 37.4 Å². The maximum atomic E-state index is 13.4. The minimum atomic E-state index is -0.614. The molecule has 0 fully saturated rings. The molecular formula is C22H15ClFN3O3. The molecule has 1 aromatic heterocycles. The van der Waals surface area contributed by atoms with Crippen molar-refractivity contribution in [2.45, 2.75) is 0 Å². The highest BCUT2D eigenvalue weighted by Crippen LogP contribution is 2.24. The van der Waals surface area contributed by atoms with Gasteiger partial charge in [-0.05, 0) is 54.6 Å². The van der Waals surface area contributed by atoms with E-state index in [0.29, 0.717) is 27.2 Å². The number of hydrogen-bond acceptors (Lipinski definition) is 4. The molecule has 1 N–H and O–H groups in total. The summed E-state index contributed by atoms with van der Waals surface area (Å²) in [4.78, 5) is 30.6. The summed E-state index contributed by atoms with van der Waals surface area (Å²) in [6.45, 7) is 0. The molecule has 0 radical (unpaired) electrons. The SMILES string of the molecule is COc1ccc(Cl)cc1C(=O)Nn1c(-c2ccc(F)cc2)nc2ccccc2c1=O. The number of hydrogen-bond donors (Lipinski definition) is 1. The van der Waals surface area contributed by atoms with E-state index in [1.54, 1.807) is 36.4 Å². The topological polar surface area (TPSA) is 73.2 Å². The van der Waals surface area contributed by atoms with E-state index in [-0.39, 0.29) is 11.4 Å². The number of fused-ring (bicyclic) bond motifs is 1. The Balaban J connectivity index is 1.89. The number of benzene rings is 3. The highest BCUT2D eigenvalue weighted by Gasteiger charge is 2.18. The number of nitrogens with zero attached hydrogens (tertiary/aromatic N) is 2. The second-order valence-electron chi connectivity index (χ2n) is 6.39. The van der Waals surface area contributed by atoms with Gasteiger partial charge >= 0.3 is 0 Å². The van der Waals surface area contributed by atoms with Crippen molar-refractivity contribution in [3.63, 3.8) is 0 Å². The zero-order chi connectivity index (χ0) is 21.3. The van der Waals surface area contributed by atoms with Crippen LogP contribution in [0.3, 0.4) is 0 Å². The molecule has 30 heavy (non-hydrogen) atoms. The molecule has 0 spiro atoms. The number of rotatable bonds is 4. The predicted octanol–water partition coefficient (Wildman–Crippen LogP) is 4.25. The Labute approximate surface area is 175 Å². The third-order valence-electron chi connectivity index (χ3n) is 4.50. The minimum Gasteiger partial charge on any atom is -0.496 e. The molecule has 0 saturated carbocycles. The van der Waals surface area contributed by atoms with E-state index in [0.717, 1.165) is 4.68 Å². The fourth-order valence-corrected chi connectivity index (χ4v) is 3.22. The van der Waals surface area contributed by atoms with Gasteiger partial charge < -0.3 is 4.74 Å². The zero-order valence-corrected chi connectivity index (χ0v) is 16.5. The molecule has 6 nitrogen and oxygen atoms in total. The van der Waals surface area contributed by atoms with Crippen molar-refractivity contribution in [3.05, 3.63) is 93.5 Å². The first kappa shape index (κ1) is 19.6.